The third-order valence-corrected chi connectivity index (χ3v) is 3.32. The zero-order valence-electron chi connectivity index (χ0n) is 9.34. The Balaban J connectivity index is 2.66. The summed E-state index contributed by atoms with van der Waals surface area (Å²) in [5.74, 6) is -5.65. The third-order valence-electron chi connectivity index (χ3n) is 3.32. The summed E-state index contributed by atoms with van der Waals surface area (Å²) in [6.45, 7) is 0. The van der Waals surface area contributed by atoms with Crippen molar-refractivity contribution in [1.82, 2.24) is 0 Å². The SMILES string of the molecule is O=C=NC1(c2cc(F)c(F)c(O)c2F)CCCC1. The molecule has 1 N–H and O–H groups in total. The molecule has 96 valence electrons. The van der Waals surface area contributed by atoms with Crippen molar-refractivity contribution in [3.8, 4) is 5.75 Å². The van der Waals surface area contributed by atoms with Gasteiger partial charge in [0.25, 0.3) is 0 Å². The molecule has 1 aromatic carbocycles. The van der Waals surface area contributed by atoms with Crippen molar-refractivity contribution in [3.05, 3.63) is 29.1 Å². The Hall–Kier alpha value is -1.81. The normalized spacial score (nSPS) is 17.5. The number of carbonyl (C=O) groups excluding carboxylic acids is 1. The quantitative estimate of drug-likeness (QED) is 0.503. The van der Waals surface area contributed by atoms with Crippen LogP contribution in [0.2, 0.25) is 0 Å². The van der Waals surface area contributed by atoms with Crippen LogP contribution < -0.4 is 0 Å². The summed E-state index contributed by atoms with van der Waals surface area (Å²) in [7, 11) is 0. The van der Waals surface area contributed by atoms with Crippen LogP contribution >= 0.6 is 0 Å². The molecule has 1 saturated carbocycles. The number of phenols is 1. The van der Waals surface area contributed by atoms with E-state index in [2.05, 4.69) is 4.99 Å². The van der Waals surface area contributed by atoms with Crippen LogP contribution in [0.5, 0.6) is 5.75 Å². The van der Waals surface area contributed by atoms with Crippen molar-refractivity contribution in [2.75, 3.05) is 0 Å². The monoisotopic (exact) mass is 257 g/mol. The van der Waals surface area contributed by atoms with E-state index < -0.39 is 28.7 Å². The predicted octanol–water partition coefficient (Wildman–Crippen LogP) is 2.91. The number of hydrogen-bond donors (Lipinski definition) is 1. The highest BCUT2D eigenvalue weighted by Gasteiger charge is 2.40. The van der Waals surface area contributed by atoms with Crippen molar-refractivity contribution < 1.29 is 23.1 Å². The van der Waals surface area contributed by atoms with Crippen LogP contribution in [0.1, 0.15) is 31.2 Å². The van der Waals surface area contributed by atoms with E-state index in [1.165, 1.54) is 6.08 Å². The molecule has 0 amide bonds. The Labute approximate surface area is 101 Å². The van der Waals surface area contributed by atoms with Crippen LogP contribution in [0.25, 0.3) is 0 Å². The minimum Gasteiger partial charge on any atom is -0.503 e. The number of aliphatic imine (C=N–C) groups is 1. The fourth-order valence-electron chi connectivity index (χ4n) is 2.42. The molecule has 2 rings (SSSR count). The lowest BCUT2D eigenvalue weighted by Crippen LogP contribution is -2.21. The van der Waals surface area contributed by atoms with Crippen LogP contribution in [0.15, 0.2) is 11.1 Å². The zero-order chi connectivity index (χ0) is 13.3. The van der Waals surface area contributed by atoms with Crippen molar-refractivity contribution in [2.45, 2.75) is 31.2 Å². The highest BCUT2D eigenvalue weighted by molar-refractivity contribution is 5.42. The van der Waals surface area contributed by atoms with Gasteiger partial charge < -0.3 is 5.11 Å². The summed E-state index contributed by atoms with van der Waals surface area (Å²) < 4.78 is 40.1. The average molecular weight is 257 g/mol. The molecule has 1 aliphatic rings. The van der Waals surface area contributed by atoms with Crippen LogP contribution in [-0.2, 0) is 10.3 Å². The minimum atomic E-state index is -1.64. The molecule has 0 saturated heterocycles. The maximum Gasteiger partial charge on any atom is 0.235 e. The van der Waals surface area contributed by atoms with E-state index in [0.29, 0.717) is 31.7 Å². The summed E-state index contributed by atoms with van der Waals surface area (Å²) in [6, 6.07) is 0.649. The summed E-state index contributed by atoms with van der Waals surface area (Å²) in [4.78, 5) is 14.0. The Morgan fingerprint density at radius 3 is 2.39 bits per heavy atom. The predicted molar refractivity (Wildman–Crippen MR) is 56.2 cm³/mol. The van der Waals surface area contributed by atoms with E-state index in [1.807, 2.05) is 0 Å². The Kier molecular flexibility index (Phi) is 3.13. The lowest BCUT2D eigenvalue weighted by molar-refractivity contribution is 0.354. The van der Waals surface area contributed by atoms with Gasteiger partial charge in [-0.15, -0.1) is 0 Å². The average Bonchev–Trinajstić information content (AvgIpc) is 2.81. The molecular weight excluding hydrogens is 247 g/mol. The number of benzene rings is 1. The van der Waals surface area contributed by atoms with E-state index in [-0.39, 0.29) is 5.56 Å². The van der Waals surface area contributed by atoms with Gasteiger partial charge >= 0.3 is 0 Å². The zero-order valence-corrected chi connectivity index (χ0v) is 9.34. The first-order chi connectivity index (χ1) is 8.52. The largest absolute Gasteiger partial charge is 0.503 e. The van der Waals surface area contributed by atoms with Crippen LogP contribution in [0.4, 0.5) is 13.2 Å². The second-order valence-electron chi connectivity index (χ2n) is 4.32. The first-order valence-electron chi connectivity index (χ1n) is 5.48. The van der Waals surface area contributed by atoms with Gasteiger partial charge in [-0.05, 0) is 18.9 Å². The molecule has 0 aromatic heterocycles. The fraction of sp³-hybridized carbons (Fsp3) is 0.417. The van der Waals surface area contributed by atoms with Gasteiger partial charge in [0.05, 0.1) is 0 Å². The maximum atomic E-state index is 13.8. The van der Waals surface area contributed by atoms with Crippen molar-refractivity contribution in [1.29, 1.82) is 0 Å². The molecule has 0 spiro atoms. The Bertz CT molecular complexity index is 533. The van der Waals surface area contributed by atoms with Crippen LogP contribution in [0.3, 0.4) is 0 Å². The molecule has 3 nitrogen and oxygen atoms in total. The summed E-state index contributed by atoms with van der Waals surface area (Å²) in [5.41, 5.74) is -1.53. The first kappa shape index (κ1) is 12.6. The Morgan fingerprint density at radius 2 is 1.83 bits per heavy atom. The second kappa shape index (κ2) is 4.46. The molecule has 0 radical (unpaired) electrons. The van der Waals surface area contributed by atoms with Crippen molar-refractivity contribution in [2.24, 2.45) is 4.99 Å². The molecule has 1 aromatic rings. The highest BCUT2D eigenvalue weighted by atomic mass is 19.2. The molecule has 1 fully saturated rings. The lowest BCUT2D eigenvalue weighted by atomic mass is 9.88. The lowest BCUT2D eigenvalue weighted by Gasteiger charge is -2.23. The number of isocyanates is 1. The van der Waals surface area contributed by atoms with Gasteiger partial charge in [0.2, 0.25) is 11.9 Å². The molecule has 0 aliphatic heterocycles. The minimum absolute atomic E-state index is 0.292. The van der Waals surface area contributed by atoms with E-state index in [9.17, 15) is 23.1 Å². The highest BCUT2D eigenvalue weighted by Crippen LogP contribution is 2.45. The topological polar surface area (TPSA) is 49.7 Å². The van der Waals surface area contributed by atoms with Gasteiger partial charge in [0.1, 0.15) is 5.54 Å². The molecule has 18 heavy (non-hydrogen) atoms. The molecular formula is C12H10F3NO2. The number of aromatic hydroxyl groups is 1. The summed E-state index contributed by atoms with van der Waals surface area (Å²) in [6.07, 6.45) is 3.38. The van der Waals surface area contributed by atoms with Gasteiger partial charge in [-0.25, -0.2) is 13.6 Å². The fourth-order valence-corrected chi connectivity index (χ4v) is 2.42. The smallest absolute Gasteiger partial charge is 0.235 e. The van der Waals surface area contributed by atoms with E-state index in [0.717, 1.165) is 0 Å². The van der Waals surface area contributed by atoms with Crippen molar-refractivity contribution in [3.63, 3.8) is 0 Å². The molecule has 1 aliphatic carbocycles. The third kappa shape index (κ3) is 1.78. The molecule has 0 atom stereocenters. The summed E-state index contributed by atoms with van der Waals surface area (Å²) >= 11 is 0. The molecule has 0 bridgehead atoms. The van der Waals surface area contributed by atoms with E-state index in [4.69, 9.17) is 0 Å². The van der Waals surface area contributed by atoms with Gasteiger partial charge in [-0.1, -0.05) is 12.8 Å². The molecule has 0 heterocycles. The van der Waals surface area contributed by atoms with E-state index >= 15 is 0 Å². The van der Waals surface area contributed by atoms with Gasteiger partial charge in [0.15, 0.2) is 17.4 Å². The second-order valence-corrected chi connectivity index (χ2v) is 4.32. The summed E-state index contributed by atoms with van der Waals surface area (Å²) in [5, 5.41) is 9.18. The standard InChI is InChI=1S/C12H10F3NO2/c13-8-5-7(9(14)11(18)10(8)15)12(16-6-17)3-1-2-4-12/h5,18H,1-4H2. The molecule has 0 unspecified atom stereocenters. The van der Waals surface area contributed by atoms with Crippen LogP contribution in [-0.4, -0.2) is 11.2 Å². The van der Waals surface area contributed by atoms with Crippen LogP contribution in [0, 0.1) is 17.5 Å². The van der Waals surface area contributed by atoms with Gasteiger partial charge in [0, 0.05) is 5.56 Å². The number of phenolic OH excluding ortho intramolecular Hbond substituents is 1. The van der Waals surface area contributed by atoms with E-state index in [1.54, 1.807) is 0 Å². The number of rotatable bonds is 2. The number of nitrogens with zero attached hydrogens (tertiary/aromatic N) is 1. The number of halogens is 3. The first-order valence-corrected chi connectivity index (χ1v) is 5.48. The van der Waals surface area contributed by atoms with Gasteiger partial charge in [-0.3, -0.25) is 0 Å². The van der Waals surface area contributed by atoms with Crippen molar-refractivity contribution >= 4 is 6.08 Å². The molecule has 6 heteroatoms. The Morgan fingerprint density at radius 1 is 1.22 bits per heavy atom. The van der Waals surface area contributed by atoms with Gasteiger partial charge in [-0.2, -0.15) is 9.38 Å². The number of hydrogen-bond acceptors (Lipinski definition) is 3. The maximum absolute atomic E-state index is 13.8.